The van der Waals surface area contributed by atoms with Crippen molar-refractivity contribution in [3.8, 4) is 0 Å². The first kappa shape index (κ1) is 22.3. The van der Waals surface area contributed by atoms with Gasteiger partial charge in [-0.1, -0.05) is 83.7 Å². The summed E-state index contributed by atoms with van der Waals surface area (Å²) in [6.07, 6.45) is 13.1. The minimum absolute atomic E-state index is 0.842. The largest absolute Gasteiger partial charge is 0.0683 e. The van der Waals surface area contributed by atoms with Gasteiger partial charge in [0.05, 0.1) is 0 Å². The zero-order valence-electron chi connectivity index (χ0n) is 18.0. The third-order valence-electron chi connectivity index (χ3n) is 6.05. The van der Waals surface area contributed by atoms with Crippen LogP contribution < -0.4 is 0 Å². The average Bonchev–Trinajstić information content (AvgIpc) is 2.66. The predicted molar refractivity (Wildman–Crippen MR) is 114 cm³/mol. The summed E-state index contributed by atoms with van der Waals surface area (Å²) >= 11 is 0. The zero-order chi connectivity index (χ0) is 18.7. The Morgan fingerprint density at radius 2 is 1.12 bits per heavy atom. The van der Waals surface area contributed by atoms with Crippen LogP contribution in [0.25, 0.3) is 0 Å². The van der Waals surface area contributed by atoms with E-state index in [1.807, 2.05) is 13.8 Å². The monoisotopic (exact) mass is 344 g/mol. The molecule has 0 atom stereocenters. The zero-order valence-corrected chi connectivity index (χ0v) is 18.0. The van der Waals surface area contributed by atoms with E-state index in [-0.39, 0.29) is 0 Å². The lowest BCUT2D eigenvalue weighted by Gasteiger charge is -2.37. The van der Waals surface area contributed by atoms with Crippen molar-refractivity contribution < 1.29 is 0 Å². The van der Waals surface area contributed by atoms with Crippen LogP contribution in [0.15, 0.2) is 24.3 Å². The fraction of sp³-hybridized carbons (Fsp3) is 0.760. The summed E-state index contributed by atoms with van der Waals surface area (Å²) in [4.78, 5) is 0. The molecule has 0 nitrogen and oxygen atoms in total. The molecule has 0 bridgehead atoms. The van der Waals surface area contributed by atoms with Crippen LogP contribution >= 0.6 is 0 Å². The molecule has 3 rings (SSSR count). The number of aryl methyl sites for hydroxylation is 1. The van der Waals surface area contributed by atoms with Crippen molar-refractivity contribution >= 4 is 0 Å². The Morgan fingerprint density at radius 3 is 1.56 bits per heavy atom. The summed E-state index contributed by atoms with van der Waals surface area (Å²) < 4.78 is 0. The summed E-state index contributed by atoms with van der Waals surface area (Å²) in [5, 5.41) is 0. The molecule has 0 heteroatoms. The van der Waals surface area contributed by atoms with Gasteiger partial charge in [0.1, 0.15) is 0 Å². The SMILES string of the molecule is CC.CCC.Cc1ccc(C2CCC(C3CCC(C)CC3)CC2)cc1. The Kier molecular flexibility index (Phi) is 11.2. The molecule has 0 radical (unpaired) electrons. The van der Waals surface area contributed by atoms with E-state index in [0.29, 0.717) is 0 Å². The van der Waals surface area contributed by atoms with Crippen LogP contribution in [0.3, 0.4) is 0 Å². The van der Waals surface area contributed by atoms with Crippen LogP contribution in [0.4, 0.5) is 0 Å². The molecule has 2 aliphatic rings. The van der Waals surface area contributed by atoms with E-state index in [9.17, 15) is 0 Å². The van der Waals surface area contributed by atoms with Gasteiger partial charge in [0.15, 0.2) is 0 Å². The molecule has 0 unspecified atom stereocenters. The highest BCUT2D eigenvalue weighted by atomic mass is 14.4. The van der Waals surface area contributed by atoms with Crippen molar-refractivity contribution in [2.24, 2.45) is 17.8 Å². The Bertz CT molecular complexity index is 414. The maximum atomic E-state index is 2.44. The Hall–Kier alpha value is -0.780. The average molecular weight is 345 g/mol. The van der Waals surface area contributed by atoms with Gasteiger partial charge in [-0.25, -0.2) is 0 Å². The van der Waals surface area contributed by atoms with E-state index in [1.165, 1.54) is 63.4 Å². The highest BCUT2D eigenvalue weighted by molar-refractivity contribution is 5.24. The molecule has 0 saturated heterocycles. The van der Waals surface area contributed by atoms with Crippen LogP contribution in [-0.4, -0.2) is 0 Å². The fourth-order valence-corrected chi connectivity index (χ4v) is 4.52. The molecule has 0 aromatic heterocycles. The predicted octanol–water partition coefficient (Wildman–Crippen LogP) is 8.54. The van der Waals surface area contributed by atoms with Crippen LogP contribution in [0, 0.1) is 24.7 Å². The Morgan fingerprint density at radius 1 is 0.720 bits per heavy atom. The molecule has 25 heavy (non-hydrogen) atoms. The first-order chi connectivity index (χ1) is 12.1. The number of benzene rings is 1. The molecule has 0 spiro atoms. The molecule has 0 heterocycles. The number of hydrogen-bond donors (Lipinski definition) is 0. The molecule has 144 valence electrons. The Labute approximate surface area is 158 Å². The van der Waals surface area contributed by atoms with Gasteiger partial charge in [-0.15, -0.1) is 0 Å². The van der Waals surface area contributed by atoms with Crippen molar-refractivity contribution in [1.29, 1.82) is 0 Å². The second kappa shape index (κ2) is 12.6. The topological polar surface area (TPSA) is 0 Å². The number of hydrogen-bond acceptors (Lipinski definition) is 0. The summed E-state index contributed by atoms with van der Waals surface area (Å²) in [7, 11) is 0. The first-order valence-electron chi connectivity index (χ1n) is 11.2. The van der Waals surface area contributed by atoms with Gasteiger partial charge >= 0.3 is 0 Å². The maximum Gasteiger partial charge on any atom is -0.0162 e. The molecule has 2 saturated carbocycles. The number of rotatable bonds is 2. The molecule has 2 fully saturated rings. The highest BCUT2D eigenvalue weighted by Gasteiger charge is 2.30. The first-order valence-corrected chi connectivity index (χ1v) is 11.2. The van der Waals surface area contributed by atoms with Crippen molar-refractivity contribution in [3.05, 3.63) is 35.4 Å². The summed E-state index contributed by atoms with van der Waals surface area (Å²) in [5.41, 5.74) is 2.98. The maximum absolute atomic E-state index is 2.44. The fourth-order valence-electron chi connectivity index (χ4n) is 4.52. The minimum atomic E-state index is 0.842. The van der Waals surface area contributed by atoms with Crippen molar-refractivity contribution in [3.63, 3.8) is 0 Å². The smallest absolute Gasteiger partial charge is 0.0162 e. The van der Waals surface area contributed by atoms with E-state index in [0.717, 1.165) is 23.7 Å². The molecule has 1 aromatic rings. The lowest BCUT2D eigenvalue weighted by molar-refractivity contribution is 0.165. The second-order valence-electron chi connectivity index (χ2n) is 8.25. The summed E-state index contributed by atoms with van der Waals surface area (Å²) in [6, 6.07) is 9.29. The van der Waals surface area contributed by atoms with Crippen molar-refractivity contribution in [1.82, 2.24) is 0 Å². The molecule has 1 aromatic carbocycles. The third kappa shape index (κ3) is 7.55. The standard InChI is InChI=1S/C20H30.C3H8.C2H6/c1-15-3-7-17(8-4-15)19-11-13-20(14-12-19)18-9-5-16(2)6-10-18;1-3-2;1-2/h3-4,7-8,16,18-20H,5-6,9-14H2,1-2H3;3H2,1-2H3;1-2H3. The van der Waals surface area contributed by atoms with E-state index < -0.39 is 0 Å². The van der Waals surface area contributed by atoms with Crippen LogP contribution in [0.2, 0.25) is 0 Å². The van der Waals surface area contributed by atoms with Gasteiger partial charge < -0.3 is 0 Å². The van der Waals surface area contributed by atoms with Gasteiger partial charge in [0.2, 0.25) is 0 Å². The van der Waals surface area contributed by atoms with Crippen LogP contribution in [0.1, 0.15) is 109 Å². The molecule has 0 amide bonds. The molecule has 0 aliphatic heterocycles. The van der Waals surface area contributed by atoms with Gasteiger partial charge in [-0.2, -0.15) is 0 Å². The molecular weight excluding hydrogens is 300 g/mol. The van der Waals surface area contributed by atoms with E-state index in [1.54, 1.807) is 5.56 Å². The van der Waals surface area contributed by atoms with E-state index in [2.05, 4.69) is 52.0 Å². The highest BCUT2D eigenvalue weighted by Crippen LogP contribution is 2.43. The van der Waals surface area contributed by atoms with Crippen molar-refractivity contribution in [2.45, 2.75) is 105 Å². The lowest BCUT2D eigenvalue weighted by atomic mass is 9.68. The van der Waals surface area contributed by atoms with Gasteiger partial charge in [-0.3, -0.25) is 0 Å². The van der Waals surface area contributed by atoms with Gasteiger partial charge in [0, 0.05) is 0 Å². The summed E-state index contributed by atoms with van der Waals surface area (Å²) in [6.45, 7) is 12.9. The normalized spacial score (nSPS) is 28.9. The van der Waals surface area contributed by atoms with E-state index >= 15 is 0 Å². The van der Waals surface area contributed by atoms with Gasteiger partial charge in [0.25, 0.3) is 0 Å². The van der Waals surface area contributed by atoms with Crippen LogP contribution in [-0.2, 0) is 0 Å². The lowest BCUT2D eigenvalue weighted by Crippen LogP contribution is -2.24. The van der Waals surface area contributed by atoms with Crippen molar-refractivity contribution in [2.75, 3.05) is 0 Å². The molecule has 2 aliphatic carbocycles. The minimum Gasteiger partial charge on any atom is -0.0683 e. The third-order valence-corrected chi connectivity index (χ3v) is 6.05. The second-order valence-corrected chi connectivity index (χ2v) is 8.25. The van der Waals surface area contributed by atoms with Gasteiger partial charge in [-0.05, 0) is 74.7 Å². The van der Waals surface area contributed by atoms with E-state index in [4.69, 9.17) is 0 Å². The Balaban J connectivity index is 0.000000567. The molecular formula is C25H44. The van der Waals surface area contributed by atoms with Crippen LogP contribution in [0.5, 0.6) is 0 Å². The summed E-state index contributed by atoms with van der Waals surface area (Å²) in [5.74, 6) is 3.94. The quantitative estimate of drug-likeness (QED) is 0.504. The molecule has 0 N–H and O–H groups in total.